The third-order valence-electron chi connectivity index (χ3n) is 3.23. The van der Waals surface area contributed by atoms with E-state index in [9.17, 15) is 4.79 Å². The highest BCUT2D eigenvalue weighted by atomic mass is 79.9. The lowest BCUT2D eigenvalue weighted by molar-refractivity contribution is -0.135. The van der Waals surface area contributed by atoms with Crippen LogP contribution in [0, 0.1) is 11.8 Å². The Hall–Kier alpha value is -0.390. The number of carbonyl (C=O) groups is 1. The molecule has 2 atom stereocenters. The van der Waals surface area contributed by atoms with E-state index in [-0.39, 0.29) is 11.8 Å². The summed E-state index contributed by atoms with van der Waals surface area (Å²) in [6, 6.07) is 2.07. The molecule has 1 saturated heterocycles. The van der Waals surface area contributed by atoms with E-state index >= 15 is 0 Å². The third-order valence-corrected chi connectivity index (χ3v) is 4.91. The summed E-state index contributed by atoms with van der Waals surface area (Å²) >= 11 is 5.11. The van der Waals surface area contributed by atoms with Crippen LogP contribution in [0.3, 0.4) is 0 Å². The maximum atomic E-state index is 12.2. The van der Waals surface area contributed by atoms with Crippen LogP contribution in [0.5, 0.6) is 0 Å². The number of amides is 1. The van der Waals surface area contributed by atoms with Crippen LogP contribution in [0.25, 0.3) is 0 Å². The van der Waals surface area contributed by atoms with Crippen LogP contribution >= 0.6 is 27.3 Å². The number of hydrogen-bond acceptors (Lipinski definition) is 3. The maximum absolute atomic E-state index is 12.2. The van der Waals surface area contributed by atoms with Gasteiger partial charge < -0.3 is 10.2 Å². The van der Waals surface area contributed by atoms with E-state index in [1.165, 1.54) is 4.88 Å². The quantitative estimate of drug-likeness (QED) is 0.928. The van der Waals surface area contributed by atoms with Gasteiger partial charge in [-0.05, 0) is 34.5 Å². The van der Waals surface area contributed by atoms with Gasteiger partial charge in [-0.2, -0.15) is 0 Å². The van der Waals surface area contributed by atoms with E-state index in [1.807, 2.05) is 17.3 Å². The molecule has 94 valence electrons. The van der Waals surface area contributed by atoms with Crippen LogP contribution in [-0.2, 0) is 11.3 Å². The first kappa shape index (κ1) is 13.1. The van der Waals surface area contributed by atoms with Crippen molar-refractivity contribution in [2.24, 2.45) is 11.8 Å². The minimum atomic E-state index is 0.142. The summed E-state index contributed by atoms with van der Waals surface area (Å²) in [4.78, 5) is 15.3. The Balaban J connectivity index is 1.95. The lowest BCUT2D eigenvalue weighted by Gasteiger charge is -2.22. The van der Waals surface area contributed by atoms with Gasteiger partial charge >= 0.3 is 0 Å². The number of hydrogen-bond donors (Lipinski definition) is 1. The smallest absolute Gasteiger partial charge is 0.227 e. The molecular weight excluding hydrogens is 300 g/mol. The molecule has 2 rings (SSSR count). The number of carbonyl (C=O) groups excluding carboxylic acids is 1. The van der Waals surface area contributed by atoms with Crippen LogP contribution < -0.4 is 5.32 Å². The number of thiophene rings is 1. The Labute approximate surface area is 114 Å². The van der Waals surface area contributed by atoms with E-state index in [4.69, 9.17) is 0 Å². The highest BCUT2D eigenvalue weighted by Crippen LogP contribution is 2.23. The van der Waals surface area contributed by atoms with E-state index in [2.05, 4.69) is 34.2 Å². The van der Waals surface area contributed by atoms with Gasteiger partial charge in [0, 0.05) is 28.3 Å². The molecule has 17 heavy (non-hydrogen) atoms. The fourth-order valence-corrected chi connectivity index (χ4v) is 3.68. The molecule has 0 aliphatic carbocycles. The summed E-state index contributed by atoms with van der Waals surface area (Å²) in [5.41, 5.74) is 0. The van der Waals surface area contributed by atoms with Crippen molar-refractivity contribution in [3.05, 3.63) is 20.8 Å². The van der Waals surface area contributed by atoms with Crippen molar-refractivity contribution >= 4 is 33.2 Å². The van der Waals surface area contributed by atoms with Gasteiger partial charge in [0.15, 0.2) is 0 Å². The van der Waals surface area contributed by atoms with Crippen molar-refractivity contribution in [3.63, 3.8) is 0 Å². The van der Waals surface area contributed by atoms with Gasteiger partial charge in [0.25, 0.3) is 0 Å². The van der Waals surface area contributed by atoms with Crippen molar-refractivity contribution in [2.75, 3.05) is 20.1 Å². The Morgan fingerprint density at radius 3 is 2.94 bits per heavy atom. The lowest BCUT2D eigenvalue weighted by Crippen LogP contribution is -2.35. The minimum absolute atomic E-state index is 0.142. The van der Waals surface area contributed by atoms with Gasteiger partial charge in [-0.15, -0.1) is 11.3 Å². The molecule has 1 aromatic rings. The zero-order valence-corrected chi connectivity index (χ0v) is 12.5. The number of halogens is 1. The molecule has 5 heteroatoms. The van der Waals surface area contributed by atoms with Gasteiger partial charge in [-0.25, -0.2) is 0 Å². The molecular formula is C12H17BrN2OS. The first-order valence-electron chi connectivity index (χ1n) is 5.76. The molecule has 0 bridgehead atoms. The van der Waals surface area contributed by atoms with E-state index < -0.39 is 0 Å². The maximum Gasteiger partial charge on any atom is 0.227 e. The molecule has 1 aliphatic heterocycles. The fraction of sp³-hybridized carbons (Fsp3) is 0.583. The van der Waals surface area contributed by atoms with Crippen molar-refractivity contribution < 1.29 is 4.79 Å². The number of nitrogens with zero attached hydrogens (tertiary/aromatic N) is 1. The second kappa shape index (κ2) is 5.50. The van der Waals surface area contributed by atoms with E-state index in [0.29, 0.717) is 12.5 Å². The summed E-state index contributed by atoms with van der Waals surface area (Å²) in [6.07, 6.45) is 0. The molecule has 3 nitrogen and oxygen atoms in total. The van der Waals surface area contributed by atoms with Gasteiger partial charge in [0.1, 0.15) is 0 Å². The molecule has 1 amide bonds. The minimum Gasteiger partial charge on any atom is -0.340 e. The molecule has 0 spiro atoms. The molecule has 0 radical (unpaired) electrons. The lowest BCUT2D eigenvalue weighted by atomic mass is 9.97. The Kier molecular flexibility index (Phi) is 4.22. The fourth-order valence-electron chi connectivity index (χ4n) is 2.17. The second-order valence-electron chi connectivity index (χ2n) is 4.67. The van der Waals surface area contributed by atoms with Gasteiger partial charge in [-0.3, -0.25) is 4.79 Å². The third kappa shape index (κ3) is 3.09. The molecule has 2 unspecified atom stereocenters. The van der Waals surface area contributed by atoms with Crippen molar-refractivity contribution in [2.45, 2.75) is 13.5 Å². The normalized spacial score (nSPS) is 23.9. The van der Waals surface area contributed by atoms with Crippen LogP contribution in [0.1, 0.15) is 11.8 Å². The van der Waals surface area contributed by atoms with Crippen molar-refractivity contribution in [1.82, 2.24) is 10.2 Å². The molecule has 1 N–H and O–H groups in total. The molecule has 0 saturated carbocycles. The average molecular weight is 317 g/mol. The largest absolute Gasteiger partial charge is 0.340 e. The summed E-state index contributed by atoms with van der Waals surface area (Å²) in [5.74, 6) is 0.843. The molecule has 1 aromatic heterocycles. The second-order valence-corrected chi connectivity index (χ2v) is 6.58. The molecule has 1 aliphatic rings. The predicted molar refractivity (Wildman–Crippen MR) is 74.0 cm³/mol. The van der Waals surface area contributed by atoms with Crippen LogP contribution in [-0.4, -0.2) is 30.9 Å². The highest BCUT2D eigenvalue weighted by Gasteiger charge is 2.31. The van der Waals surface area contributed by atoms with E-state index in [0.717, 1.165) is 17.6 Å². The van der Waals surface area contributed by atoms with Crippen molar-refractivity contribution in [1.29, 1.82) is 0 Å². The Morgan fingerprint density at radius 2 is 2.41 bits per heavy atom. The SMILES string of the molecule is CC1CNCC1C(=O)N(C)Cc1cc(Br)cs1. The Morgan fingerprint density at radius 1 is 1.65 bits per heavy atom. The van der Waals surface area contributed by atoms with Crippen LogP contribution in [0.4, 0.5) is 0 Å². The van der Waals surface area contributed by atoms with Crippen molar-refractivity contribution in [3.8, 4) is 0 Å². The summed E-state index contributed by atoms with van der Waals surface area (Å²) in [5, 5.41) is 5.32. The standard InChI is InChI=1S/C12H17BrN2OS/c1-8-4-14-5-11(8)12(16)15(2)6-10-3-9(13)7-17-10/h3,7-8,11,14H,4-6H2,1-2H3. The first-order valence-corrected chi connectivity index (χ1v) is 7.44. The first-order chi connectivity index (χ1) is 8.08. The molecule has 2 heterocycles. The monoisotopic (exact) mass is 316 g/mol. The van der Waals surface area contributed by atoms with Gasteiger partial charge in [-0.1, -0.05) is 6.92 Å². The zero-order chi connectivity index (χ0) is 12.4. The summed E-state index contributed by atoms with van der Waals surface area (Å²) in [6.45, 7) is 4.61. The Bertz CT molecular complexity index is 407. The number of nitrogens with one attached hydrogen (secondary N) is 1. The predicted octanol–water partition coefficient (Wildman–Crippen LogP) is 2.32. The number of rotatable bonds is 3. The average Bonchev–Trinajstić information content (AvgIpc) is 2.86. The topological polar surface area (TPSA) is 32.3 Å². The van der Waals surface area contributed by atoms with Crippen LogP contribution in [0.15, 0.2) is 15.9 Å². The summed E-state index contributed by atoms with van der Waals surface area (Å²) in [7, 11) is 1.89. The summed E-state index contributed by atoms with van der Waals surface area (Å²) < 4.78 is 1.09. The molecule has 1 fully saturated rings. The van der Waals surface area contributed by atoms with Crippen LogP contribution in [0.2, 0.25) is 0 Å². The van der Waals surface area contributed by atoms with Gasteiger partial charge in [0.2, 0.25) is 5.91 Å². The van der Waals surface area contributed by atoms with E-state index in [1.54, 1.807) is 11.3 Å². The zero-order valence-electron chi connectivity index (χ0n) is 10.1. The highest BCUT2D eigenvalue weighted by molar-refractivity contribution is 9.10. The molecule has 0 aromatic carbocycles. The van der Waals surface area contributed by atoms with Gasteiger partial charge in [0.05, 0.1) is 12.5 Å².